The molecule has 118 valence electrons. The zero-order valence-corrected chi connectivity index (χ0v) is 15.1. The number of benzene rings is 1. The Hall–Kier alpha value is -1.80. The maximum atomic E-state index is 3.86. The number of allylic oxidation sites excluding steroid dienone is 7. The van der Waals surface area contributed by atoms with Gasteiger partial charge in [0.25, 0.3) is 0 Å². The average Bonchev–Trinajstić information content (AvgIpc) is 2.92. The third kappa shape index (κ3) is 3.42. The van der Waals surface area contributed by atoms with Crippen molar-refractivity contribution < 1.29 is 0 Å². The van der Waals surface area contributed by atoms with E-state index in [4.69, 9.17) is 0 Å². The van der Waals surface area contributed by atoms with E-state index in [-0.39, 0.29) is 0 Å². The molecule has 0 radical (unpaired) electrons. The van der Waals surface area contributed by atoms with Crippen molar-refractivity contribution in [3.05, 3.63) is 88.6 Å². The van der Waals surface area contributed by atoms with Crippen molar-refractivity contribution >= 4 is 21.6 Å². The SMILES string of the molecule is C=CC1=CCC(N2/C(=C/C=C\CC)Cc3cc(Br)ccc32)C=C1. The van der Waals surface area contributed by atoms with E-state index in [1.54, 1.807) is 0 Å². The van der Waals surface area contributed by atoms with Gasteiger partial charge in [-0.05, 0) is 48.3 Å². The quantitative estimate of drug-likeness (QED) is 0.620. The molecule has 1 aliphatic carbocycles. The molecule has 3 rings (SSSR count). The van der Waals surface area contributed by atoms with E-state index >= 15 is 0 Å². The monoisotopic (exact) mass is 367 g/mol. The molecule has 0 saturated heterocycles. The molecule has 0 bridgehead atoms. The van der Waals surface area contributed by atoms with Gasteiger partial charge in [-0.1, -0.05) is 65.9 Å². The van der Waals surface area contributed by atoms with Crippen molar-refractivity contribution in [3.8, 4) is 0 Å². The van der Waals surface area contributed by atoms with Gasteiger partial charge in [-0.3, -0.25) is 0 Å². The lowest BCUT2D eigenvalue weighted by Crippen LogP contribution is -2.31. The van der Waals surface area contributed by atoms with E-state index in [1.807, 2.05) is 6.08 Å². The van der Waals surface area contributed by atoms with Crippen molar-refractivity contribution in [2.24, 2.45) is 0 Å². The van der Waals surface area contributed by atoms with Crippen LogP contribution in [0.1, 0.15) is 25.3 Å². The fraction of sp³-hybridized carbons (Fsp3) is 0.238. The molecule has 0 aromatic heterocycles. The Balaban J connectivity index is 1.95. The lowest BCUT2D eigenvalue weighted by atomic mass is 10.0. The van der Waals surface area contributed by atoms with Crippen LogP contribution in [0.2, 0.25) is 0 Å². The van der Waals surface area contributed by atoms with Gasteiger partial charge < -0.3 is 4.90 Å². The molecular weight excluding hydrogens is 346 g/mol. The highest BCUT2D eigenvalue weighted by atomic mass is 79.9. The Morgan fingerprint density at radius 2 is 2.26 bits per heavy atom. The molecule has 0 amide bonds. The summed E-state index contributed by atoms with van der Waals surface area (Å²) >= 11 is 3.60. The first-order chi connectivity index (χ1) is 11.2. The molecule has 1 heterocycles. The van der Waals surface area contributed by atoms with Crippen LogP contribution in [0.5, 0.6) is 0 Å². The van der Waals surface area contributed by atoms with Crippen LogP contribution in [0.15, 0.2) is 83.1 Å². The van der Waals surface area contributed by atoms with Gasteiger partial charge in [0.1, 0.15) is 0 Å². The third-order valence-electron chi connectivity index (χ3n) is 4.32. The second-order valence-corrected chi connectivity index (χ2v) is 6.80. The number of nitrogens with zero attached hydrogens (tertiary/aromatic N) is 1. The van der Waals surface area contributed by atoms with Gasteiger partial charge in [0, 0.05) is 22.3 Å². The highest BCUT2D eigenvalue weighted by Crippen LogP contribution is 2.39. The number of hydrogen-bond donors (Lipinski definition) is 0. The Labute approximate surface area is 147 Å². The maximum absolute atomic E-state index is 3.86. The first kappa shape index (κ1) is 16.1. The van der Waals surface area contributed by atoms with E-state index in [0.29, 0.717) is 6.04 Å². The molecular formula is C21H22BrN. The minimum atomic E-state index is 0.377. The fourth-order valence-corrected chi connectivity index (χ4v) is 3.59. The molecule has 1 atom stereocenters. The Morgan fingerprint density at radius 1 is 1.39 bits per heavy atom. The van der Waals surface area contributed by atoms with Crippen molar-refractivity contribution in [2.45, 2.75) is 32.2 Å². The van der Waals surface area contributed by atoms with Crippen LogP contribution in [-0.2, 0) is 6.42 Å². The molecule has 1 nitrogen and oxygen atoms in total. The third-order valence-corrected chi connectivity index (χ3v) is 4.81. The summed E-state index contributed by atoms with van der Waals surface area (Å²) in [6.07, 6.45) is 18.4. The topological polar surface area (TPSA) is 3.24 Å². The molecule has 0 spiro atoms. The molecule has 0 saturated carbocycles. The summed E-state index contributed by atoms with van der Waals surface area (Å²) in [5, 5.41) is 0. The summed E-state index contributed by atoms with van der Waals surface area (Å²) < 4.78 is 1.15. The number of fused-ring (bicyclic) bond motifs is 1. The Kier molecular flexibility index (Phi) is 5.02. The zero-order chi connectivity index (χ0) is 16.2. The normalized spacial score (nSPS) is 21.8. The van der Waals surface area contributed by atoms with Crippen LogP contribution < -0.4 is 4.90 Å². The first-order valence-electron chi connectivity index (χ1n) is 8.17. The summed E-state index contributed by atoms with van der Waals surface area (Å²) in [5.41, 5.74) is 5.30. The van der Waals surface area contributed by atoms with Crippen LogP contribution in [-0.4, -0.2) is 6.04 Å². The summed E-state index contributed by atoms with van der Waals surface area (Å²) in [6, 6.07) is 6.98. The van der Waals surface area contributed by atoms with Gasteiger partial charge in [0.2, 0.25) is 0 Å². The largest absolute Gasteiger partial charge is 0.337 e. The molecule has 2 heteroatoms. The Morgan fingerprint density at radius 3 is 2.96 bits per heavy atom. The van der Waals surface area contributed by atoms with Crippen molar-refractivity contribution in [3.63, 3.8) is 0 Å². The highest BCUT2D eigenvalue weighted by Gasteiger charge is 2.29. The van der Waals surface area contributed by atoms with E-state index in [0.717, 1.165) is 23.7 Å². The first-order valence-corrected chi connectivity index (χ1v) is 8.96. The average molecular weight is 368 g/mol. The summed E-state index contributed by atoms with van der Waals surface area (Å²) in [4.78, 5) is 2.48. The van der Waals surface area contributed by atoms with Crippen LogP contribution >= 0.6 is 15.9 Å². The van der Waals surface area contributed by atoms with Crippen molar-refractivity contribution in [1.29, 1.82) is 0 Å². The molecule has 2 aliphatic rings. The van der Waals surface area contributed by atoms with E-state index in [2.05, 4.69) is 89.0 Å². The van der Waals surface area contributed by atoms with Gasteiger partial charge >= 0.3 is 0 Å². The predicted octanol–water partition coefficient (Wildman–Crippen LogP) is 6.10. The van der Waals surface area contributed by atoms with Crippen LogP contribution in [0.3, 0.4) is 0 Å². The molecule has 0 N–H and O–H groups in total. The summed E-state index contributed by atoms with van der Waals surface area (Å²) in [6.45, 7) is 6.02. The Bertz CT molecular complexity index is 721. The van der Waals surface area contributed by atoms with Gasteiger partial charge in [-0.25, -0.2) is 0 Å². The van der Waals surface area contributed by atoms with Gasteiger partial charge in [-0.2, -0.15) is 0 Å². The number of rotatable bonds is 4. The fourth-order valence-electron chi connectivity index (χ4n) is 3.18. The number of hydrogen-bond acceptors (Lipinski definition) is 1. The van der Waals surface area contributed by atoms with Crippen LogP contribution in [0.4, 0.5) is 5.69 Å². The number of halogens is 1. The molecule has 1 aromatic carbocycles. The van der Waals surface area contributed by atoms with Crippen molar-refractivity contribution in [2.75, 3.05) is 4.90 Å². The smallest absolute Gasteiger partial charge is 0.0557 e. The predicted molar refractivity (Wildman–Crippen MR) is 104 cm³/mol. The van der Waals surface area contributed by atoms with E-state index in [1.165, 1.54) is 22.5 Å². The maximum Gasteiger partial charge on any atom is 0.0557 e. The van der Waals surface area contributed by atoms with Gasteiger partial charge in [0.15, 0.2) is 0 Å². The summed E-state index contributed by atoms with van der Waals surface area (Å²) in [7, 11) is 0. The second-order valence-electron chi connectivity index (χ2n) is 5.88. The zero-order valence-electron chi connectivity index (χ0n) is 13.5. The highest BCUT2D eigenvalue weighted by molar-refractivity contribution is 9.10. The minimum absolute atomic E-state index is 0.377. The standard InChI is InChI=1S/C21H22BrN/c1-3-5-6-7-20-15-17-14-18(22)10-13-21(17)23(20)19-11-8-16(4-2)9-12-19/h4-11,13-14,19H,2-3,12,15H2,1H3/b6-5-,20-7+. The van der Waals surface area contributed by atoms with Crippen molar-refractivity contribution in [1.82, 2.24) is 0 Å². The van der Waals surface area contributed by atoms with Gasteiger partial charge in [0.05, 0.1) is 6.04 Å². The molecule has 23 heavy (non-hydrogen) atoms. The number of anilines is 1. The van der Waals surface area contributed by atoms with Gasteiger partial charge in [-0.15, -0.1) is 0 Å². The van der Waals surface area contributed by atoms with Crippen LogP contribution in [0.25, 0.3) is 0 Å². The molecule has 1 aliphatic heterocycles. The second kappa shape index (κ2) is 7.18. The van der Waals surface area contributed by atoms with E-state index in [9.17, 15) is 0 Å². The minimum Gasteiger partial charge on any atom is -0.337 e. The van der Waals surface area contributed by atoms with Crippen LogP contribution in [0, 0.1) is 0 Å². The summed E-state index contributed by atoms with van der Waals surface area (Å²) in [5.74, 6) is 0. The molecule has 1 unspecified atom stereocenters. The lowest BCUT2D eigenvalue weighted by Gasteiger charge is -2.30. The van der Waals surface area contributed by atoms with E-state index < -0.39 is 0 Å². The molecule has 0 fully saturated rings. The molecule has 1 aromatic rings. The lowest BCUT2D eigenvalue weighted by molar-refractivity contribution is 0.757.